The van der Waals surface area contributed by atoms with Gasteiger partial charge in [-0.25, -0.2) is 0 Å². The van der Waals surface area contributed by atoms with Crippen molar-refractivity contribution in [2.24, 2.45) is 0 Å². The highest BCUT2D eigenvalue weighted by atomic mass is 16.5. The number of aliphatic hydroxyl groups is 1. The predicted octanol–water partition coefficient (Wildman–Crippen LogP) is 1.05. The van der Waals surface area contributed by atoms with E-state index < -0.39 is 0 Å². The molecule has 2 N–H and O–H groups in total. The van der Waals surface area contributed by atoms with Crippen LogP contribution in [0.5, 0.6) is 5.75 Å². The molecule has 1 aromatic rings. The van der Waals surface area contributed by atoms with E-state index in [1.807, 2.05) is 24.3 Å². The van der Waals surface area contributed by atoms with Gasteiger partial charge in [0.25, 0.3) is 0 Å². The lowest BCUT2D eigenvalue weighted by Gasteiger charge is -2.09. The third-order valence-electron chi connectivity index (χ3n) is 2.90. The van der Waals surface area contributed by atoms with Gasteiger partial charge in [0.05, 0.1) is 0 Å². The van der Waals surface area contributed by atoms with Crippen molar-refractivity contribution in [1.29, 1.82) is 0 Å². The van der Waals surface area contributed by atoms with Crippen LogP contribution in [-0.4, -0.2) is 30.8 Å². The normalized spacial score (nSPS) is 17.4. The summed E-state index contributed by atoms with van der Waals surface area (Å²) in [5.74, 6) is 0.622. The minimum absolute atomic E-state index is 0.00731. The van der Waals surface area contributed by atoms with Crippen LogP contribution in [-0.2, 0) is 4.79 Å². The molecule has 1 amide bonds. The number of carbonyl (C=O) groups is 1. The van der Waals surface area contributed by atoms with Gasteiger partial charge in [-0.05, 0) is 18.9 Å². The summed E-state index contributed by atoms with van der Waals surface area (Å²) in [5.41, 5.74) is 0.965. The Morgan fingerprint density at radius 2 is 2.24 bits per heavy atom. The Morgan fingerprint density at radius 1 is 1.41 bits per heavy atom. The zero-order valence-corrected chi connectivity index (χ0v) is 9.69. The average molecular weight is 235 g/mol. The van der Waals surface area contributed by atoms with Crippen LogP contribution in [0.15, 0.2) is 24.3 Å². The number of hydrogen-bond donors (Lipinski definition) is 2. The van der Waals surface area contributed by atoms with Crippen LogP contribution >= 0.6 is 0 Å². The molecule has 17 heavy (non-hydrogen) atoms. The van der Waals surface area contributed by atoms with E-state index in [0.29, 0.717) is 13.2 Å². The first-order chi connectivity index (χ1) is 8.33. The second-order valence-corrected chi connectivity index (χ2v) is 4.12. The Bertz CT molecular complexity index is 392. The van der Waals surface area contributed by atoms with E-state index >= 15 is 0 Å². The molecule has 0 fully saturated rings. The fourth-order valence-electron chi connectivity index (χ4n) is 1.95. The number of nitrogens with one attached hydrogen (secondary N) is 1. The predicted molar refractivity (Wildman–Crippen MR) is 64.0 cm³/mol. The Morgan fingerprint density at radius 3 is 3.06 bits per heavy atom. The molecule has 1 aliphatic heterocycles. The molecule has 1 aromatic carbocycles. The molecule has 0 saturated carbocycles. The van der Waals surface area contributed by atoms with E-state index in [4.69, 9.17) is 9.84 Å². The van der Waals surface area contributed by atoms with Crippen molar-refractivity contribution in [2.75, 3.05) is 19.8 Å². The minimum atomic E-state index is -0.194. The number of hydrogen-bond acceptors (Lipinski definition) is 3. The first-order valence-electron chi connectivity index (χ1n) is 5.93. The van der Waals surface area contributed by atoms with E-state index in [1.165, 1.54) is 0 Å². The molecule has 1 aliphatic rings. The van der Waals surface area contributed by atoms with Crippen LogP contribution in [0.25, 0.3) is 0 Å². The number of aliphatic hydroxyl groups excluding tert-OH is 1. The van der Waals surface area contributed by atoms with Gasteiger partial charge in [0.2, 0.25) is 5.91 Å². The van der Waals surface area contributed by atoms with Crippen molar-refractivity contribution in [3.8, 4) is 5.75 Å². The number of unbranched alkanes of at least 4 members (excludes halogenated alkanes) is 1. The van der Waals surface area contributed by atoms with Crippen molar-refractivity contribution in [2.45, 2.75) is 18.8 Å². The Balaban J connectivity index is 1.89. The average Bonchev–Trinajstić information content (AvgIpc) is 2.78. The lowest BCUT2D eigenvalue weighted by atomic mass is 10.0. The summed E-state index contributed by atoms with van der Waals surface area (Å²) >= 11 is 0. The van der Waals surface area contributed by atoms with Gasteiger partial charge in [-0.15, -0.1) is 0 Å². The van der Waals surface area contributed by atoms with Crippen molar-refractivity contribution < 1.29 is 14.6 Å². The van der Waals surface area contributed by atoms with Gasteiger partial charge >= 0.3 is 0 Å². The number of ether oxygens (including phenoxy) is 1. The molecular weight excluding hydrogens is 218 g/mol. The van der Waals surface area contributed by atoms with Crippen LogP contribution in [0.1, 0.15) is 24.3 Å². The molecule has 4 nitrogen and oxygen atoms in total. The Hall–Kier alpha value is -1.55. The summed E-state index contributed by atoms with van der Waals surface area (Å²) in [6.07, 6.45) is 1.52. The first-order valence-corrected chi connectivity index (χ1v) is 5.93. The molecule has 0 bridgehead atoms. The molecule has 1 heterocycles. The summed E-state index contributed by atoms with van der Waals surface area (Å²) in [6.45, 7) is 1.20. The number of rotatable bonds is 5. The van der Waals surface area contributed by atoms with Crippen LogP contribution in [0.2, 0.25) is 0 Å². The molecule has 0 aliphatic carbocycles. The van der Waals surface area contributed by atoms with Gasteiger partial charge in [-0.2, -0.15) is 0 Å². The smallest absolute Gasteiger partial charge is 0.231 e. The zero-order chi connectivity index (χ0) is 12.1. The SMILES string of the molecule is O=C(NCCCCO)C1COc2ccccc21. The molecule has 0 radical (unpaired) electrons. The monoisotopic (exact) mass is 235 g/mol. The second kappa shape index (κ2) is 5.68. The van der Waals surface area contributed by atoms with Crippen LogP contribution in [0.3, 0.4) is 0 Å². The van der Waals surface area contributed by atoms with Gasteiger partial charge < -0.3 is 15.2 Å². The summed E-state index contributed by atoms with van der Waals surface area (Å²) in [6, 6.07) is 7.63. The Kier molecular flexibility index (Phi) is 3.98. The van der Waals surface area contributed by atoms with Crippen LogP contribution in [0.4, 0.5) is 0 Å². The van der Waals surface area contributed by atoms with Gasteiger partial charge in [-0.3, -0.25) is 4.79 Å². The molecule has 92 valence electrons. The maximum Gasteiger partial charge on any atom is 0.231 e. The van der Waals surface area contributed by atoms with Crippen molar-refractivity contribution in [1.82, 2.24) is 5.32 Å². The summed E-state index contributed by atoms with van der Waals surface area (Å²) < 4.78 is 5.46. The van der Waals surface area contributed by atoms with E-state index in [9.17, 15) is 4.79 Å². The largest absolute Gasteiger partial charge is 0.492 e. The third kappa shape index (κ3) is 2.77. The van der Waals surface area contributed by atoms with Crippen LogP contribution in [0, 0.1) is 0 Å². The van der Waals surface area contributed by atoms with Gasteiger partial charge in [-0.1, -0.05) is 18.2 Å². The highest BCUT2D eigenvalue weighted by Crippen LogP contribution is 2.33. The van der Waals surface area contributed by atoms with E-state index in [-0.39, 0.29) is 18.4 Å². The number of fused-ring (bicyclic) bond motifs is 1. The van der Waals surface area contributed by atoms with E-state index in [0.717, 1.165) is 24.2 Å². The summed E-state index contributed by atoms with van der Waals surface area (Å²) in [5, 5.41) is 11.5. The second-order valence-electron chi connectivity index (χ2n) is 4.12. The fraction of sp³-hybridized carbons (Fsp3) is 0.462. The minimum Gasteiger partial charge on any atom is -0.492 e. The lowest BCUT2D eigenvalue weighted by Crippen LogP contribution is -2.31. The highest BCUT2D eigenvalue weighted by Gasteiger charge is 2.29. The van der Waals surface area contributed by atoms with Gasteiger partial charge in [0.15, 0.2) is 0 Å². The topological polar surface area (TPSA) is 58.6 Å². The van der Waals surface area contributed by atoms with Crippen molar-refractivity contribution >= 4 is 5.91 Å². The zero-order valence-electron chi connectivity index (χ0n) is 9.69. The molecule has 2 rings (SSSR count). The van der Waals surface area contributed by atoms with Crippen molar-refractivity contribution in [3.63, 3.8) is 0 Å². The quantitative estimate of drug-likeness (QED) is 0.750. The van der Waals surface area contributed by atoms with Crippen molar-refractivity contribution in [3.05, 3.63) is 29.8 Å². The Labute approximate surface area is 101 Å². The molecular formula is C13H17NO3. The molecule has 1 atom stereocenters. The number of para-hydroxylation sites is 1. The fourth-order valence-corrected chi connectivity index (χ4v) is 1.95. The summed E-state index contributed by atoms with van der Waals surface area (Å²) in [7, 11) is 0. The maximum absolute atomic E-state index is 11.9. The molecule has 4 heteroatoms. The highest BCUT2D eigenvalue weighted by molar-refractivity contribution is 5.85. The molecule has 0 saturated heterocycles. The number of carbonyl (C=O) groups excluding carboxylic acids is 1. The number of amides is 1. The summed E-state index contributed by atoms with van der Waals surface area (Å²) in [4.78, 5) is 11.9. The van der Waals surface area contributed by atoms with Gasteiger partial charge in [0.1, 0.15) is 18.3 Å². The van der Waals surface area contributed by atoms with Crippen LogP contribution < -0.4 is 10.1 Å². The lowest BCUT2D eigenvalue weighted by molar-refractivity contribution is -0.122. The number of benzene rings is 1. The molecule has 1 unspecified atom stereocenters. The third-order valence-corrected chi connectivity index (χ3v) is 2.90. The molecule has 0 spiro atoms. The maximum atomic E-state index is 11.9. The first kappa shape index (κ1) is 11.9. The van der Waals surface area contributed by atoms with Gasteiger partial charge in [0, 0.05) is 18.7 Å². The van der Waals surface area contributed by atoms with E-state index in [2.05, 4.69) is 5.32 Å². The standard InChI is InChI=1S/C13H17NO3/c15-8-4-3-7-14-13(16)11-9-17-12-6-2-1-5-10(11)12/h1-2,5-6,11,15H,3-4,7-9H2,(H,14,16). The van der Waals surface area contributed by atoms with E-state index in [1.54, 1.807) is 0 Å². The molecule has 0 aromatic heterocycles.